The van der Waals surface area contributed by atoms with Gasteiger partial charge >= 0.3 is 0 Å². The number of amides is 2. The number of carbonyl (C=O) groups is 2. The Hall–Kier alpha value is -1.49. The van der Waals surface area contributed by atoms with E-state index in [-0.39, 0.29) is 28.6 Å². The molecule has 4 nitrogen and oxygen atoms in total. The number of hydrogen-bond donors (Lipinski definition) is 0. The fraction of sp³-hybridized carbons (Fsp3) is 0.619. The summed E-state index contributed by atoms with van der Waals surface area (Å²) in [5, 5.41) is 0.0846. The van der Waals surface area contributed by atoms with Crippen molar-refractivity contribution in [1.29, 1.82) is 0 Å². The van der Waals surface area contributed by atoms with Crippen LogP contribution in [0.3, 0.4) is 0 Å². The molecule has 3 rings (SSSR count). The smallest absolute Gasteiger partial charge is 0.255 e. The topological polar surface area (TPSA) is 40.6 Å². The largest absolute Gasteiger partial charge is 0.341 e. The minimum absolute atomic E-state index is 0.0140. The number of hydrogen-bond acceptors (Lipinski definition) is 3. The Morgan fingerprint density at radius 3 is 2.27 bits per heavy atom. The molecular formula is C21H30N2O2S. The Balaban J connectivity index is 1.82. The van der Waals surface area contributed by atoms with Crippen LogP contribution in [0.1, 0.15) is 62.9 Å². The standard InChI is InChI=1S/C21H30N2O2S/c1-5-18-23(17(14-26-18)20(25)22-12-6-7-13-22)19(24)15-8-10-16(11-9-15)21(2,3)4/h8-11,17-18H,5-7,12-14H2,1-4H3. The van der Waals surface area contributed by atoms with E-state index in [1.165, 1.54) is 5.56 Å². The maximum absolute atomic E-state index is 13.2. The average molecular weight is 375 g/mol. The van der Waals surface area contributed by atoms with Gasteiger partial charge in [0.25, 0.3) is 5.91 Å². The zero-order valence-electron chi connectivity index (χ0n) is 16.3. The molecule has 2 saturated heterocycles. The van der Waals surface area contributed by atoms with Crippen LogP contribution in [0.4, 0.5) is 0 Å². The van der Waals surface area contributed by atoms with Gasteiger partial charge in [0.1, 0.15) is 6.04 Å². The molecule has 142 valence electrons. The molecular weight excluding hydrogens is 344 g/mol. The molecule has 1 aromatic rings. The van der Waals surface area contributed by atoms with Gasteiger partial charge in [-0.25, -0.2) is 0 Å². The summed E-state index contributed by atoms with van der Waals surface area (Å²) in [6.07, 6.45) is 3.01. The Bertz CT molecular complexity index is 660. The van der Waals surface area contributed by atoms with Crippen molar-refractivity contribution in [3.8, 4) is 0 Å². The maximum Gasteiger partial charge on any atom is 0.255 e. The number of nitrogens with zero attached hydrogens (tertiary/aromatic N) is 2. The predicted molar refractivity (Wildman–Crippen MR) is 107 cm³/mol. The molecule has 2 unspecified atom stereocenters. The summed E-state index contributed by atoms with van der Waals surface area (Å²) in [5.41, 5.74) is 1.95. The number of benzene rings is 1. The minimum atomic E-state index is -0.321. The molecule has 2 atom stereocenters. The zero-order valence-corrected chi connectivity index (χ0v) is 17.1. The van der Waals surface area contributed by atoms with E-state index in [1.807, 2.05) is 34.1 Å². The van der Waals surface area contributed by atoms with Crippen molar-refractivity contribution in [1.82, 2.24) is 9.80 Å². The lowest BCUT2D eigenvalue weighted by atomic mass is 9.86. The summed E-state index contributed by atoms with van der Waals surface area (Å²) in [5.74, 6) is 0.824. The molecule has 0 aliphatic carbocycles. The molecule has 2 aliphatic rings. The molecule has 0 aromatic heterocycles. The molecule has 26 heavy (non-hydrogen) atoms. The average Bonchev–Trinajstić information content (AvgIpc) is 3.29. The quantitative estimate of drug-likeness (QED) is 0.806. The Kier molecular flexibility index (Phi) is 5.66. The summed E-state index contributed by atoms with van der Waals surface area (Å²) >= 11 is 1.73. The van der Waals surface area contributed by atoms with Gasteiger partial charge in [0.15, 0.2) is 0 Å². The van der Waals surface area contributed by atoms with Crippen LogP contribution in [0, 0.1) is 0 Å². The number of likely N-dealkylation sites (tertiary alicyclic amines) is 1. The summed E-state index contributed by atoms with van der Waals surface area (Å²) in [4.78, 5) is 30.0. The van der Waals surface area contributed by atoms with Crippen molar-refractivity contribution < 1.29 is 9.59 Å². The van der Waals surface area contributed by atoms with Crippen LogP contribution in [0.5, 0.6) is 0 Å². The van der Waals surface area contributed by atoms with Gasteiger partial charge in [-0.2, -0.15) is 0 Å². The maximum atomic E-state index is 13.2. The molecule has 5 heteroatoms. The normalized spacial score (nSPS) is 23.5. The predicted octanol–water partition coefficient (Wildman–Crippen LogP) is 3.90. The highest BCUT2D eigenvalue weighted by molar-refractivity contribution is 8.00. The van der Waals surface area contributed by atoms with Crippen molar-refractivity contribution in [3.05, 3.63) is 35.4 Å². The summed E-state index contributed by atoms with van der Waals surface area (Å²) in [7, 11) is 0. The van der Waals surface area contributed by atoms with Gasteiger partial charge < -0.3 is 9.80 Å². The second-order valence-electron chi connectivity index (χ2n) is 8.28. The van der Waals surface area contributed by atoms with Crippen LogP contribution in [0.2, 0.25) is 0 Å². The third-order valence-electron chi connectivity index (χ3n) is 5.38. The van der Waals surface area contributed by atoms with Crippen molar-refractivity contribution in [2.75, 3.05) is 18.8 Å². The third kappa shape index (κ3) is 3.78. The van der Waals surface area contributed by atoms with Crippen LogP contribution in [-0.2, 0) is 10.2 Å². The van der Waals surface area contributed by atoms with E-state index >= 15 is 0 Å². The van der Waals surface area contributed by atoms with E-state index < -0.39 is 0 Å². The number of rotatable bonds is 3. The number of carbonyl (C=O) groups excluding carboxylic acids is 2. The molecule has 0 spiro atoms. The van der Waals surface area contributed by atoms with E-state index in [9.17, 15) is 9.59 Å². The van der Waals surface area contributed by atoms with Gasteiger partial charge in [0, 0.05) is 24.4 Å². The summed E-state index contributed by atoms with van der Waals surface area (Å²) in [6.45, 7) is 10.2. The van der Waals surface area contributed by atoms with E-state index in [4.69, 9.17) is 0 Å². The monoisotopic (exact) mass is 374 g/mol. The van der Waals surface area contributed by atoms with Crippen molar-refractivity contribution in [2.45, 2.75) is 63.8 Å². The minimum Gasteiger partial charge on any atom is -0.341 e. The van der Waals surface area contributed by atoms with E-state index in [0.29, 0.717) is 11.3 Å². The first kappa shape index (κ1) is 19.3. The van der Waals surface area contributed by atoms with Crippen molar-refractivity contribution in [2.24, 2.45) is 0 Å². The Morgan fingerprint density at radius 2 is 1.73 bits per heavy atom. The molecule has 1 aromatic carbocycles. The van der Waals surface area contributed by atoms with E-state index in [0.717, 1.165) is 32.4 Å². The zero-order chi connectivity index (χ0) is 18.9. The van der Waals surface area contributed by atoms with Gasteiger partial charge in [0.05, 0.1) is 5.37 Å². The molecule has 2 heterocycles. The molecule has 0 saturated carbocycles. The van der Waals surface area contributed by atoms with Crippen LogP contribution in [0.25, 0.3) is 0 Å². The number of thioether (sulfide) groups is 1. The lowest BCUT2D eigenvalue weighted by Gasteiger charge is -2.31. The third-order valence-corrected chi connectivity index (χ3v) is 6.83. The van der Waals surface area contributed by atoms with E-state index in [1.54, 1.807) is 11.8 Å². The second kappa shape index (κ2) is 7.63. The molecule has 2 aliphatic heterocycles. The van der Waals surface area contributed by atoms with Crippen molar-refractivity contribution in [3.63, 3.8) is 0 Å². The van der Waals surface area contributed by atoms with E-state index in [2.05, 4.69) is 27.7 Å². The molecule has 2 fully saturated rings. The Labute approximate surface area is 161 Å². The fourth-order valence-electron chi connectivity index (χ4n) is 3.75. The molecule has 0 radical (unpaired) electrons. The first-order chi connectivity index (χ1) is 12.3. The van der Waals surface area contributed by atoms with Crippen LogP contribution < -0.4 is 0 Å². The van der Waals surface area contributed by atoms with Gasteiger partial charge in [-0.05, 0) is 42.4 Å². The van der Waals surface area contributed by atoms with Gasteiger partial charge in [-0.15, -0.1) is 11.8 Å². The summed E-state index contributed by atoms with van der Waals surface area (Å²) < 4.78 is 0. The molecule has 0 bridgehead atoms. The van der Waals surface area contributed by atoms with Gasteiger partial charge in [0.2, 0.25) is 5.91 Å². The SMILES string of the molecule is CCC1SCC(C(=O)N2CCCC2)N1C(=O)c1ccc(C(C)(C)C)cc1. The van der Waals surface area contributed by atoms with Gasteiger partial charge in [-0.3, -0.25) is 9.59 Å². The highest BCUT2D eigenvalue weighted by Gasteiger charge is 2.42. The highest BCUT2D eigenvalue weighted by Crippen LogP contribution is 2.34. The molecule has 2 amide bonds. The first-order valence-corrected chi connectivity index (χ1v) is 10.7. The van der Waals surface area contributed by atoms with Crippen LogP contribution in [0.15, 0.2) is 24.3 Å². The fourth-order valence-corrected chi connectivity index (χ4v) is 5.10. The Morgan fingerprint density at radius 1 is 1.12 bits per heavy atom. The van der Waals surface area contributed by atoms with Gasteiger partial charge in [-0.1, -0.05) is 39.8 Å². The van der Waals surface area contributed by atoms with Crippen LogP contribution in [-0.4, -0.2) is 51.9 Å². The second-order valence-corrected chi connectivity index (χ2v) is 9.50. The van der Waals surface area contributed by atoms with Crippen molar-refractivity contribution >= 4 is 23.6 Å². The summed E-state index contributed by atoms with van der Waals surface area (Å²) in [6, 6.07) is 7.58. The lowest BCUT2D eigenvalue weighted by molar-refractivity contribution is -0.134. The lowest BCUT2D eigenvalue weighted by Crippen LogP contribution is -2.50. The molecule has 0 N–H and O–H groups in total. The van der Waals surface area contributed by atoms with Crippen LogP contribution >= 0.6 is 11.8 Å². The first-order valence-electron chi connectivity index (χ1n) is 9.66. The highest BCUT2D eigenvalue weighted by atomic mass is 32.2.